The van der Waals surface area contributed by atoms with Gasteiger partial charge in [-0.3, -0.25) is 0 Å². The van der Waals surface area contributed by atoms with E-state index >= 15 is 0 Å². The molecule has 1 aliphatic carbocycles. The van der Waals surface area contributed by atoms with Crippen molar-refractivity contribution in [2.24, 2.45) is 5.73 Å². The van der Waals surface area contributed by atoms with Gasteiger partial charge in [-0.25, -0.2) is 0 Å². The lowest BCUT2D eigenvalue weighted by Gasteiger charge is -2.24. The largest absolute Gasteiger partial charge is 0.496 e. The maximum Gasteiger partial charge on any atom is 0.126 e. The molecule has 18 heavy (non-hydrogen) atoms. The lowest BCUT2D eigenvalue weighted by atomic mass is 9.86. The third-order valence-electron chi connectivity index (χ3n) is 4.11. The Bertz CT molecular complexity index is 464. The highest BCUT2D eigenvalue weighted by Crippen LogP contribution is 2.54. The molecule has 0 spiro atoms. The van der Waals surface area contributed by atoms with Crippen LogP contribution in [0.4, 0.5) is 0 Å². The Balaban J connectivity index is 2.69. The SMILES string of the molecule is COc1c(C(C)C)cc(Br)c(C)c1C1(CN)CC1. The van der Waals surface area contributed by atoms with Crippen LogP contribution in [0.15, 0.2) is 10.5 Å². The molecule has 2 rings (SSSR count). The third kappa shape index (κ3) is 2.08. The van der Waals surface area contributed by atoms with Gasteiger partial charge < -0.3 is 10.5 Å². The van der Waals surface area contributed by atoms with Gasteiger partial charge in [0.25, 0.3) is 0 Å². The van der Waals surface area contributed by atoms with Crippen molar-refractivity contribution in [1.29, 1.82) is 0 Å². The molecule has 0 radical (unpaired) electrons. The molecular formula is C15H22BrNO. The maximum atomic E-state index is 6.00. The van der Waals surface area contributed by atoms with Gasteiger partial charge in [0, 0.05) is 22.0 Å². The first-order valence-electron chi connectivity index (χ1n) is 6.54. The Hall–Kier alpha value is -0.540. The number of rotatable bonds is 4. The quantitative estimate of drug-likeness (QED) is 0.916. The van der Waals surface area contributed by atoms with Crippen LogP contribution in [0.3, 0.4) is 0 Å². The van der Waals surface area contributed by atoms with Gasteiger partial charge in [-0.2, -0.15) is 0 Å². The molecule has 0 unspecified atom stereocenters. The molecule has 0 amide bonds. The van der Waals surface area contributed by atoms with Crippen molar-refractivity contribution in [3.05, 3.63) is 27.2 Å². The second kappa shape index (κ2) is 4.86. The summed E-state index contributed by atoms with van der Waals surface area (Å²) in [6.45, 7) is 7.26. The van der Waals surface area contributed by atoms with Crippen molar-refractivity contribution in [2.75, 3.05) is 13.7 Å². The van der Waals surface area contributed by atoms with Gasteiger partial charge in [0.1, 0.15) is 5.75 Å². The standard InChI is InChI=1S/C15H22BrNO/c1-9(2)11-7-12(16)10(3)13(14(11)18-4)15(8-17)5-6-15/h7,9H,5-6,8,17H2,1-4H3. The van der Waals surface area contributed by atoms with E-state index in [2.05, 4.69) is 42.8 Å². The Labute approximate surface area is 118 Å². The van der Waals surface area contributed by atoms with Gasteiger partial charge in [0.15, 0.2) is 0 Å². The number of nitrogens with two attached hydrogens (primary N) is 1. The van der Waals surface area contributed by atoms with Crippen LogP contribution in [0.25, 0.3) is 0 Å². The molecule has 1 saturated carbocycles. The normalized spacial score (nSPS) is 17.1. The molecule has 0 saturated heterocycles. The van der Waals surface area contributed by atoms with E-state index in [-0.39, 0.29) is 5.41 Å². The van der Waals surface area contributed by atoms with E-state index < -0.39 is 0 Å². The zero-order valence-corrected chi connectivity index (χ0v) is 13.2. The summed E-state index contributed by atoms with van der Waals surface area (Å²) in [6, 6.07) is 2.19. The summed E-state index contributed by atoms with van der Waals surface area (Å²) in [7, 11) is 1.77. The van der Waals surface area contributed by atoms with Gasteiger partial charge in [0.05, 0.1) is 7.11 Å². The molecule has 100 valence electrons. The van der Waals surface area contributed by atoms with Crippen LogP contribution < -0.4 is 10.5 Å². The van der Waals surface area contributed by atoms with Gasteiger partial charge in [-0.05, 0) is 42.9 Å². The summed E-state index contributed by atoms with van der Waals surface area (Å²) < 4.78 is 6.89. The number of methoxy groups -OCH3 is 1. The number of halogens is 1. The minimum Gasteiger partial charge on any atom is -0.496 e. The number of benzene rings is 1. The van der Waals surface area contributed by atoms with Gasteiger partial charge in [-0.1, -0.05) is 29.8 Å². The van der Waals surface area contributed by atoms with Crippen molar-refractivity contribution in [3.8, 4) is 5.75 Å². The first kappa shape index (κ1) is 13.9. The van der Waals surface area contributed by atoms with Crippen LogP contribution in [0.1, 0.15) is 49.3 Å². The summed E-state index contributed by atoms with van der Waals surface area (Å²) >= 11 is 3.68. The average Bonchev–Trinajstić information content (AvgIpc) is 3.12. The van der Waals surface area contributed by atoms with E-state index in [4.69, 9.17) is 10.5 Å². The van der Waals surface area contributed by atoms with E-state index in [0.717, 1.165) is 5.75 Å². The maximum absolute atomic E-state index is 6.00. The highest BCUT2D eigenvalue weighted by molar-refractivity contribution is 9.10. The van der Waals surface area contributed by atoms with Crippen LogP contribution in [0.2, 0.25) is 0 Å². The van der Waals surface area contributed by atoms with Crippen LogP contribution in [0.5, 0.6) is 5.75 Å². The lowest BCUT2D eigenvalue weighted by Crippen LogP contribution is -2.22. The van der Waals surface area contributed by atoms with E-state index in [0.29, 0.717) is 12.5 Å². The Morgan fingerprint density at radius 3 is 2.44 bits per heavy atom. The predicted molar refractivity (Wildman–Crippen MR) is 79.5 cm³/mol. The molecule has 0 aromatic heterocycles. The average molecular weight is 312 g/mol. The third-order valence-corrected chi connectivity index (χ3v) is 4.93. The van der Waals surface area contributed by atoms with E-state index in [9.17, 15) is 0 Å². The molecule has 0 heterocycles. The van der Waals surface area contributed by atoms with Crippen LogP contribution >= 0.6 is 15.9 Å². The van der Waals surface area contributed by atoms with Gasteiger partial charge >= 0.3 is 0 Å². The van der Waals surface area contributed by atoms with E-state index in [1.165, 1.54) is 34.0 Å². The molecule has 1 fully saturated rings. The summed E-state index contributed by atoms with van der Waals surface area (Å²) in [5, 5.41) is 0. The fraction of sp³-hybridized carbons (Fsp3) is 0.600. The van der Waals surface area contributed by atoms with E-state index in [1.807, 2.05) is 0 Å². The number of ether oxygens (including phenoxy) is 1. The van der Waals surface area contributed by atoms with Crippen molar-refractivity contribution in [3.63, 3.8) is 0 Å². The molecule has 1 aromatic carbocycles. The minimum atomic E-state index is 0.156. The number of hydrogen-bond acceptors (Lipinski definition) is 2. The summed E-state index contributed by atoms with van der Waals surface area (Å²) in [5.74, 6) is 1.50. The molecule has 3 heteroatoms. The molecule has 1 aromatic rings. The van der Waals surface area contributed by atoms with Crippen molar-refractivity contribution in [2.45, 2.75) is 44.9 Å². The molecule has 0 aliphatic heterocycles. The van der Waals surface area contributed by atoms with Crippen molar-refractivity contribution < 1.29 is 4.74 Å². The topological polar surface area (TPSA) is 35.2 Å². The van der Waals surface area contributed by atoms with Gasteiger partial charge in [-0.15, -0.1) is 0 Å². The fourth-order valence-corrected chi connectivity index (χ4v) is 3.18. The molecular weight excluding hydrogens is 290 g/mol. The zero-order chi connectivity index (χ0) is 13.5. The first-order chi connectivity index (χ1) is 8.46. The zero-order valence-electron chi connectivity index (χ0n) is 11.6. The molecule has 1 aliphatic rings. The molecule has 0 atom stereocenters. The van der Waals surface area contributed by atoms with Crippen LogP contribution in [-0.2, 0) is 5.41 Å². The van der Waals surface area contributed by atoms with Crippen LogP contribution in [-0.4, -0.2) is 13.7 Å². The lowest BCUT2D eigenvalue weighted by molar-refractivity contribution is 0.396. The molecule has 2 N–H and O–H groups in total. The molecule has 0 bridgehead atoms. The Kier molecular flexibility index (Phi) is 3.75. The smallest absolute Gasteiger partial charge is 0.126 e. The Morgan fingerprint density at radius 1 is 1.44 bits per heavy atom. The first-order valence-corrected chi connectivity index (χ1v) is 7.33. The van der Waals surface area contributed by atoms with E-state index in [1.54, 1.807) is 7.11 Å². The van der Waals surface area contributed by atoms with Crippen LogP contribution in [0, 0.1) is 6.92 Å². The fourth-order valence-electron chi connectivity index (χ4n) is 2.74. The van der Waals surface area contributed by atoms with Crippen molar-refractivity contribution >= 4 is 15.9 Å². The van der Waals surface area contributed by atoms with Gasteiger partial charge in [0.2, 0.25) is 0 Å². The predicted octanol–water partition coefficient (Wildman–Crippen LogP) is 3.88. The summed E-state index contributed by atoms with van der Waals surface area (Å²) in [5.41, 5.74) is 10.0. The summed E-state index contributed by atoms with van der Waals surface area (Å²) in [4.78, 5) is 0. The highest BCUT2D eigenvalue weighted by Gasteiger charge is 2.46. The highest BCUT2D eigenvalue weighted by atomic mass is 79.9. The minimum absolute atomic E-state index is 0.156. The molecule has 2 nitrogen and oxygen atoms in total. The number of hydrogen-bond donors (Lipinski definition) is 1. The second-order valence-electron chi connectivity index (χ2n) is 5.62. The monoisotopic (exact) mass is 311 g/mol. The second-order valence-corrected chi connectivity index (χ2v) is 6.47. The van der Waals surface area contributed by atoms with Crippen molar-refractivity contribution in [1.82, 2.24) is 0 Å². The summed E-state index contributed by atoms with van der Waals surface area (Å²) in [6.07, 6.45) is 2.35. The Morgan fingerprint density at radius 2 is 2.06 bits per heavy atom.